The monoisotopic (exact) mass is 242 g/mol. The van der Waals surface area contributed by atoms with E-state index in [2.05, 4.69) is 4.98 Å². The fourth-order valence-electron chi connectivity index (χ4n) is 1.81. The Bertz CT molecular complexity index is 348. The average molecular weight is 242 g/mol. The first-order chi connectivity index (χ1) is 7.65. The largest absolute Gasteiger partial charge is 0.379 e. The van der Waals surface area contributed by atoms with Crippen LogP contribution in [0.15, 0.2) is 5.38 Å². The van der Waals surface area contributed by atoms with E-state index in [1.54, 1.807) is 11.3 Å². The van der Waals surface area contributed by atoms with Crippen molar-refractivity contribution in [2.45, 2.75) is 31.9 Å². The van der Waals surface area contributed by atoms with Crippen molar-refractivity contribution in [3.63, 3.8) is 0 Å². The predicted octanol–water partition coefficient (Wildman–Crippen LogP) is 1.81. The molecule has 2 unspecified atom stereocenters. The summed E-state index contributed by atoms with van der Waals surface area (Å²) in [6, 6.07) is 0. The smallest absolute Gasteiger partial charge is 0.122 e. The molecule has 4 nitrogen and oxygen atoms in total. The molecule has 2 N–H and O–H groups in total. The van der Waals surface area contributed by atoms with Gasteiger partial charge in [-0.15, -0.1) is 11.3 Å². The SMILES string of the molecule is CCOC(C)c1nc(C2(N)CCOC2)cs1. The maximum atomic E-state index is 6.25. The molecule has 1 saturated heterocycles. The van der Waals surface area contributed by atoms with Crippen LogP contribution >= 0.6 is 11.3 Å². The molecule has 1 aliphatic heterocycles. The minimum absolute atomic E-state index is 0.0506. The number of hydrogen-bond donors (Lipinski definition) is 1. The van der Waals surface area contributed by atoms with Gasteiger partial charge in [0.2, 0.25) is 0 Å². The van der Waals surface area contributed by atoms with E-state index in [1.165, 1.54) is 0 Å². The van der Waals surface area contributed by atoms with Crippen LogP contribution in [0.25, 0.3) is 0 Å². The molecule has 1 aliphatic rings. The maximum absolute atomic E-state index is 6.25. The van der Waals surface area contributed by atoms with Crippen molar-refractivity contribution in [2.75, 3.05) is 19.8 Å². The number of aromatic nitrogens is 1. The summed E-state index contributed by atoms with van der Waals surface area (Å²) in [6.07, 6.45) is 0.897. The zero-order valence-electron chi connectivity index (χ0n) is 9.73. The van der Waals surface area contributed by atoms with Crippen LogP contribution in [0.5, 0.6) is 0 Å². The van der Waals surface area contributed by atoms with Gasteiger partial charge in [-0.1, -0.05) is 0 Å². The highest BCUT2D eigenvalue weighted by molar-refractivity contribution is 7.09. The summed E-state index contributed by atoms with van der Waals surface area (Å²) < 4.78 is 10.9. The molecule has 1 aromatic rings. The van der Waals surface area contributed by atoms with Crippen LogP contribution in [0.4, 0.5) is 0 Å². The zero-order valence-corrected chi connectivity index (χ0v) is 10.5. The first-order valence-electron chi connectivity index (χ1n) is 5.60. The Morgan fingerprint density at radius 1 is 1.75 bits per heavy atom. The normalized spacial score (nSPS) is 27.2. The Hall–Kier alpha value is -0.490. The molecule has 0 spiro atoms. The van der Waals surface area contributed by atoms with E-state index >= 15 is 0 Å². The van der Waals surface area contributed by atoms with Crippen LogP contribution in [0.3, 0.4) is 0 Å². The van der Waals surface area contributed by atoms with Crippen molar-refractivity contribution >= 4 is 11.3 Å². The van der Waals surface area contributed by atoms with Gasteiger partial charge in [-0.25, -0.2) is 4.98 Å². The van der Waals surface area contributed by atoms with Crippen molar-refractivity contribution in [1.29, 1.82) is 0 Å². The second-order valence-corrected chi connectivity index (χ2v) is 5.02. The second kappa shape index (κ2) is 4.79. The molecule has 2 heterocycles. The van der Waals surface area contributed by atoms with Gasteiger partial charge < -0.3 is 15.2 Å². The van der Waals surface area contributed by atoms with Crippen LogP contribution in [0, 0.1) is 0 Å². The number of hydrogen-bond acceptors (Lipinski definition) is 5. The highest BCUT2D eigenvalue weighted by Crippen LogP contribution is 2.30. The first-order valence-corrected chi connectivity index (χ1v) is 6.48. The quantitative estimate of drug-likeness (QED) is 0.875. The van der Waals surface area contributed by atoms with Gasteiger partial charge in [0.25, 0.3) is 0 Å². The van der Waals surface area contributed by atoms with Gasteiger partial charge in [0.15, 0.2) is 0 Å². The van der Waals surface area contributed by atoms with Gasteiger partial charge in [0.05, 0.1) is 17.8 Å². The molecule has 0 bridgehead atoms. The maximum Gasteiger partial charge on any atom is 0.122 e. The van der Waals surface area contributed by atoms with Crippen molar-refractivity contribution < 1.29 is 9.47 Å². The molecule has 90 valence electrons. The highest BCUT2D eigenvalue weighted by atomic mass is 32.1. The first kappa shape index (κ1) is 12.0. The number of rotatable bonds is 4. The van der Waals surface area contributed by atoms with Crippen LogP contribution < -0.4 is 5.73 Å². The van der Waals surface area contributed by atoms with Crippen molar-refractivity contribution in [3.8, 4) is 0 Å². The van der Waals surface area contributed by atoms with E-state index in [9.17, 15) is 0 Å². The molecular formula is C11H18N2O2S. The Morgan fingerprint density at radius 2 is 2.56 bits per heavy atom. The average Bonchev–Trinajstić information content (AvgIpc) is 2.86. The molecule has 16 heavy (non-hydrogen) atoms. The summed E-state index contributed by atoms with van der Waals surface area (Å²) >= 11 is 1.61. The summed E-state index contributed by atoms with van der Waals surface area (Å²) in [7, 11) is 0. The van der Waals surface area contributed by atoms with Crippen LogP contribution in [0.1, 0.15) is 37.1 Å². The van der Waals surface area contributed by atoms with Crippen molar-refractivity contribution in [2.24, 2.45) is 5.73 Å². The van der Waals surface area contributed by atoms with Crippen LogP contribution in [-0.4, -0.2) is 24.8 Å². The summed E-state index contributed by atoms with van der Waals surface area (Å²) in [5.74, 6) is 0. The molecule has 5 heteroatoms. The Kier molecular flexibility index (Phi) is 3.59. The Labute approximate surface area is 99.8 Å². The molecule has 0 aromatic carbocycles. The third-order valence-electron chi connectivity index (χ3n) is 2.85. The lowest BCUT2D eigenvalue weighted by molar-refractivity contribution is 0.0759. The topological polar surface area (TPSA) is 57.4 Å². The molecule has 1 fully saturated rings. The zero-order chi connectivity index (χ0) is 11.6. The second-order valence-electron chi connectivity index (χ2n) is 4.13. The van der Waals surface area contributed by atoms with Gasteiger partial charge in [-0.2, -0.15) is 0 Å². The summed E-state index contributed by atoms with van der Waals surface area (Å²) in [4.78, 5) is 4.57. The lowest BCUT2D eigenvalue weighted by Crippen LogP contribution is -2.37. The predicted molar refractivity (Wildman–Crippen MR) is 63.5 cm³/mol. The van der Waals surface area contributed by atoms with E-state index < -0.39 is 0 Å². The van der Waals surface area contributed by atoms with Gasteiger partial charge in [0, 0.05) is 18.6 Å². The van der Waals surface area contributed by atoms with Gasteiger partial charge in [-0.3, -0.25) is 0 Å². The van der Waals surface area contributed by atoms with E-state index in [0.717, 1.165) is 23.7 Å². The van der Waals surface area contributed by atoms with Gasteiger partial charge >= 0.3 is 0 Å². The molecule has 0 saturated carbocycles. The molecule has 1 aromatic heterocycles. The number of thiazole rings is 1. The van der Waals surface area contributed by atoms with E-state index in [-0.39, 0.29) is 11.6 Å². The number of nitrogens with zero attached hydrogens (tertiary/aromatic N) is 1. The summed E-state index contributed by atoms with van der Waals surface area (Å²) in [5.41, 5.74) is 6.80. The fraction of sp³-hybridized carbons (Fsp3) is 0.727. The van der Waals surface area contributed by atoms with Crippen molar-refractivity contribution in [1.82, 2.24) is 4.98 Å². The summed E-state index contributed by atoms with van der Waals surface area (Å²) in [5, 5.41) is 3.02. The van der Waals surface area contributed by atoms with Crippen LogP contribution in [0.2, 0.25) is 0 Å². The molecule has 2 atom stereocenters. The molecular weight excluding hydrogens is 224 g/mol. The van der Waals surface area contributed by atoms with E-state index in [4.69, 9.17) is 15.2 Å². The standard InChI is InChI=1S/C11H18N2O2S/c1-3-15-8(2)10-13-9(6-16-10)11(12)4-5-14-7-11/h6,8H,3-5,7,12H2,1-2H3. The highest BCUT2D eigenvalue weighted by Gasteiger charge is 2.35. The van der Waals surface area contributed by atoms with Crippen molar-refractivity contribution in [3.05, 3.63) is 16.1 Å². The van der Waals surface area contributed by atoms with Gasteiger partial charge in [0.1, 0.15) is 11.1 Å². The third kappa shape index (κ3) is 2.27. The van der Waals surface area contributed by atoms with Crippen LogP contribution in [-0.2, 0) is 15.0 Å². The van der Waals surface area contributed by atoms with E-state index in [0.29, 0.717) is 13.2 Å². The Morgan fingerprint density at radius 3 is 3.19 bits per heavy atom. The molecule has 0 radical (unpaired) electrons. The lowest BCUT2D eigenvalue weighted by atomic mass is 9.97. The number of ether oxygens (including phenoxy) is 2. The fourth-order valence-corrected chi connectivity index (χ4v) is 2.74. The minimum atomic E-state index is -0.388. The van der Waals surface area contributed by atoms with E-state index in [1.807, 2.05) is 19.2 Å². The molecule has 2 rings (SSSR count). The third-order valence-corrected chi connectivity index (χ3v) is 3.85. The van der Waals surface area contributed by atoms with Gasteiger partial charge in [-0.05, 0) is 20.3 Å². The molecule has 0 aliphatic carbocycles. The minimum Gasteiger partial charge on any atom is -0.379 e. The number of nitrogens with two attached hydrogens (primary N) is 1. The lowest BCUT2D eigenvalue weighted by Gasteiger charge is -2.18. The molecule has 0 amide bonds. The Balaban J connectivity index is 2.12. The summed E-state index contributed by atoms with van der Waals surface area (Å²) in [6.45, 7) is 6.00.